The lowest BCUT2D eigenvalue weighted by Crippen LogP contribution is -2.26. The molecule has 0 aliphatic heterocycles. The van der Waals surface area contributed by atoms with Gasteiger partial charge in [0.25, 0.3) is 0 Å². The van der Waals surface area contributed by atoms with Crippen LogP contribution in [0.5, 0.6) is 0 Å². The lowest BCUT2D eigenvalue weighted by atomic mass is 10.00. The van der Waals surface area contributed by atoms with Crippen molar-refractivity contribution in [1.82, 2.24) is 5.48 Å². The maximum absolute atomic E-state index is 11.9. The molecule has 138 valence electrons. The maximum atomic E-state index is 11.9. The van der Waals surface area contributed by atoms with Gasteiger partial charge in [-0.05, 0) is 19.3 Å². The lowest BCUT2D eigenvalue weighted by molar-refractivity contribution is -0.156. The van der Waals surface area contributed by atoms with Gasteiger partial charge in [0.05, 0.1) is 5.92 Å². The van der Waals surface area contributed by atoms with E-state index in [0.29, 0.717) is 0 Å². The number of hydrogen-bond donors (Lipinski definition) is 1. The van der Waals surface area contributed by atoms with Gasteiger partial charge in [-0.3, -0.25) is 4.79 Å². The molecule has 0 aromatic carbocycles. The number of hydroxylamine groups is 1. The fourth-order valence-electron chi connectivity index (χ4n) is 2.83. The number of nitrogens with one attached hydrogen (secondary N) is 1. The van der Waals surface area contributed by atoms with Crippen LogP contribution in [0.25, 0.3) is 0 Å². The third-order valence-electron chi connectivity index (χ3n) is 4.54. The van der Waals surface area contributed by atoms with E-state index in [0.717, 1.165) is 38.6 Å². The number of hydrogen-bond acceptors (Lipinski definition) is 3. The van der Waals surface area contributed by atoms with E-state index in [1.165, 1.54) is 57.8 Å². The van der Waals surface area contributed by atoms with Gasteiger partial charge in [-0.15, -0.1) is 0 Å². The Hall–Kier alpha value is -0.570. The zero-order valence-electron chi connectivity index (χ0n) is 16.0. The molecule has 0 saturated heterocycles. The minimum atomic E-state index is -0.0759. The smallest absolute Gasteiger partial charge is 0.327 e. The maximum Gasteiger partial charge on any atom is 0.327 e. The molecule has 0 aliphatic rings. The zero-order chi connectivity index (χ0) is 17.2. The number of unbranched alkanes of at least 4 members (excludes halogenated alkanes) is 10. The Morgan fingerprint density at radius 3 is 1.83 bits per heavy atom. The number of carbonyl (C=O) groups is 1. The molecule has 0 saturated carbocycles. The predicted molar refractivity (Wildman–Crippen MR) is 99.2 cm³/mol. The van der Waals surface area contributed by atoms with E-state index >= 15 is 0 Å². The standard InChI is InChI=1S/C20H41NO2/c1-4-7-9-10-11-12-13-14-15-16-18-21-23-20(22)19(6-3)17-8-5-2/h19,21H,4-18H2,1-3H3. The first-order valence-corrected chi connectivity index (χ1v) is 10.2. The van der Waals surface area contributed by atoms with Crippen LogP contribution >= 0.6 is 0 Å². The quantitative estimate of drug-likeness (QED) is 0.256. The second-order valence-corrected chi connectivity index (χ2v) is 6.74. The molecule has 0 radical (unpaired) electrons. The summed E-state index contributed by atoms with van der Waals surface area (Å²) in [7, 11) is 0. The topological polar surface area (TPSA) is 38.3 Å². The van der Waals surface area contributed by atoms with Gasteiger partial charge in [0.15, 0.2) is 0 Å². The Morgan fingerprint density at radius 2 is 1.30 bits per heavy atom. The van der Waals surface area contributed by atoms with E-state index < -0.39 is 0 Å². The summed E-state index contributed by atoms with van der Waals surface area (Å²) in [5, 5.41) is 0. The Labute approximate surface area is 144 Å². The van der Waals surface area contributed by atoms with Crippen LogP contribution in [0.4, 0.5) is 0 Å². The number of carbonyl (C=O) groups excluding carboxylic acids is 1. The van der Waals surface area contributed by atoms with Gasteiger partial charge >= 0.3 is 5.97 Å². The van der Waals surface area contributed by atoms with E-state index in [9.17, 15) is 4.79 Å². The molecule has 3 heteroatoms. The predicted octanol–water partition coefficient (Wildman–Crippen LogP) is 6.17. The molecule has 1 atom stereocenters. The fourth-order valence-corrected chi connectivity index (χ4v) is 2.83. The van der Waals surface area contributed by atoms with Crippen molar-refractivity contribution in [3.8, 4) is 0 Å². The fraction of sp³-hybridized carbons (Fsp3) is 0.950. The normalized spacial score (nSPS) is 12.3. The molecule has 0 rings (SSSR count). The molecule has 1 N–H and O–H groups in total. The van der Waals surface area contributed by atoms with Crippen molar-refractivity contribution >= 4 is 5.97 Å². The van der Waals surface area contributed by atoms with Crippen molar-refractivity contribution in [2.75, 3.05) is 6.54 Å². The summed E-state index contributed by atoms with van der Waals surface area (Å²) in [5.41, 5.74) is 2.85. The van der Waals surface area contributed by atoms with Crippen molar-refractivity contribution in [2.24, 2.45) is 5.92 Å². The average molecular weight is 328 g/mol. The van der Waals surface area contributed by atoms with Gasteiger partial charge < -0.3 is 4.84 Å². The van der Waals surface area contributed by atoms with Crippen LogP contribution in [0.1, 0.15) is 111 Å². The molecule has 0 heterocycles. The van der Waals surface area contributed by atoms with E-state index in [-0.39, 0.29) is 11.9 Å². The van der Waals surface area contributed by atoms with Crippen LogP contribution in [0.2, 0.25) is 0 Å². The van der Waals surface area contributed by atoms with Gasteiger partial charge in [0.1, 0.15) is 0 Å². The molecule has 0 aromatic heterocycles. The average Bonchev–Trinajstić information content (AvgIpc) is 2.56. The largest absolute Gasteiger partial charge is 0.370 e. The Bertz CT molecular complexity index is 256. The zero-order valence-corrected chi connectivity index (χ0v) is 16.0. The second-order valence-electron chi connectivity index (χ2n) is 6.74. The molecule has 0 fully saturated rings. The molecule has 0 aromatic rings. The van der Waals surface area contributed by atoms with Gasteiger partial charge in [0, 0.05) is 6.54 Å². The highest BCUT2D eigenvalue weighted by Crippen LogP contribution is 2.14. The van der Waals surface area contributed by atoms with Crippen LogP contribution in [0.15, 0.2) is 0 Å². The Balaban J connectivity index is 3.33. The van der Waals surface area contributed by atoms with E-state index in [1.807, 2.05) is 0 Å². The van der Waals surface area contributed by atoms with Crippen molar-refractivity contribution in [2.45, 2.75) is 111 Å². The van der Waals surface area contributed by atoms with Gasteiger partial charge in [-0.25, -0.2) is 0 Å². The van der Waals surface area contributed by atoms with E-state index in [1.54, 1.807) is 0 Å². The van der Waals surface area contributed by atoms with Crippen LogP contribution in [0, 0.1) is 5.92 Å². The first kappa shape index (κ1) is 22.4. The summed E-state index contributed by atoms with van der Waals surface area (Å²) in [6.45, 7) is 7.26. The SMILES string of the molecule is CCCCCCCCCCCCNOC(=O)C(CC)CCCC. The highest BCUT2D eigenvalue weighted by atomic mass is 16.7. The molecule has 23 heavy (non-hydrogen) atoms. The highest BCUT2D eigenvalue weighted by Gasteiger charge is 2.17. The molecule has 0 aliphatic carbocycles. The van der Waals surface area contributed by atoms with Crippen LogP contribution in [-0.4, -0.2) is 12.5 Å². The van der Waals surface area contributed by atoms with Crippen molar-refractivity contribution in [1.29, 1.82) is 0 Å². The Morgan fingerprint density at radius 1 is 0.783 bits per heavy atom. The summed E-state index contributed by atoms with van der Waals surface area (Å²) < 4.78 is 0. The van der Waals surface area contributed by atoms with Crippen LogP contribution in [0.3, 0.4) is 0 Å². The van der Waals surface area contributed by atoms with Crippen molar-refractivity contribution in [3.05, 3.63) is 0 Å². The van der Waals surface area contributed by atoms with Gasteiger partial charge in [0.2, 0.25) is 0 Å². The molecule has 0 amide bonds. The summed E-state index contributed by atoms with van der Waals surface area (Å²) in [5.74, 6) is -0.0109. The molecule has 0 spiro atoms. The molecular formula is C20H41NO2. The highest BCUT2D eigenvalue weighted by molar-refractivity contribution is 5.71. The third-order valence-corrected chi connectivity index (χ3v) is 4.54. The first-order chi connectivity index (χ1) is 11.3. The summed E-state index contributed by atoms with van der Waals surface area (Å²) in [6.07, 6.45) is 17.3. The molecular weight excluding hydrogens is 286 g/mol. The Kier molecular flexibility index (Phi) is 17.3. The summed E-state index contributed by atoms with van der Waals surface area (Å²) >= 11 is 0. The van der Waals surface area contributed by atoms with Crippen LogP contribution in [-0.2, 0) is 9.63 Å². The lowest BCUT2D eigenvalue weighted by Gasteiger charge is -2.13. The molecule has 3 nitrogen and oxygen atoms in total. The third kappa shape index (κ3) is 14.7. The van der Waals surface area contributed by atoms with Crippen molar-refractivity contribution < 1.29 is 9.63 Å². The van der Waals surface area contributed by atoms with Gasteiger partial charge in [-0.1, -0.05) is 91.4 Å². The van der Waals surface area contributed by atoms with Gasteiger partial charge in [-0.2, -0.15) is 5.48 Å². The molecule has 1 unspecified atom stereocenters. The monoisotopic (exact) mass is 327 g/mol. The van der Waals surface area contributed by atoms with E-state index in [2.05, 4.69) is 26.3 Å². The van der Waals surface area contributed by atoms with Crippen molar-refractivity contribution in [3.63, 3.8) is 0 Å². The van der Waals surface area contributed by atoms with Crippen LogP contribution < -0.4 is 5.48 Å². The minimum Gasteiger partial charge on any atom is -0.370 e. The minimum absolute atomic E-state index is 0.0650. The second kappa shape index (κ2) is 17.8. The summed E-state index contributed by atoms with van der Waals surface area (Å²) in [4.78, 5) is 17.1. The number of rotatable bonds is 17. The summed E-state index contributed by atoms with van der Waals surface area (Å²) in [6, 6.07) is 0. The van der Waals surface area contributed by atoms with E-state index in [4.69, 9.17) is 4.84 Å². The first-order valence-electron chi connectivity index (χ1n) is 10.2. The molecule has 0 bridgehead atoms.